The van der Waals surface area contributed by atoms with E-state index in [1.807, 2.05) is 0 Å². The second-order valence-corrected chi connectivity index (χ2v) is 9.60. The van der Waals surface area contributed by atoms with Crippen LogP contribution < -0.4 is 4.74 Å². The molecule has 0 bridgehead atoms. The third-order valence-electron chi connectivity index (χ3n) is 2.62. The summed E-state index contributed by atoms with van der Waals surface area (Å²) in [6.45, 7) is 2.58. The van der Waals surface area contributed by atoms with Gasteiger partial charge in [-0.3, -0.25) is 0 Å². The van der Waals surface area contributed by atoms with Crippen LogP contribution >= 0.6 is 10.7 Å². The van der Waals surface area contributed by atoms with Crippen LogP contribution in [-0.2, 0) is 18.9 Å². The Morgan fingerprint density at radius 3 is 2.19 bits per heavy atom. The van der Waals surface area contributed by atoms with E-state index in [2.05, 4.69) is 0 Å². The molecule has 0 saturated heterocycles. The monoisotopic (exact) mass is 362 g/mol. The largest absolute Gasteiger partial charge is 0.489 e. The average Bonchev–Trinajstić information content (AvgIpc) is 2.32. The predicted octanol–water partition coefficient (Wildman–Crippen LogP) is 2.09. The standard InChI is InChI=1S/C11H13ClF2O5S2/c1-7(2)20(15,16)6-5-19-8-3-4-9(21(12,17)18)11(14)10(8)13/h3-4,7H,5-6H2,1-2H3. The molecule has 0 aromatic heterocycles. The molecule has 0 saturated carbocycles. The maximum atomic E-state index is 13.6. The summed E-state index contributed by atoms with van der Waals surface area (Å²) in [7, 11) is -2.87. The van der Waals surface area contributed by atoms with Crippen molar-refractivity contribution >= 4 is 29.6 Å². The predicted molar refractivity (Wildman–Crippen MR) is 73.8 cm³/mol. The van der Waals surface area contributed by atoms with Gasteiger partial charge in [0, 0.05) is 10.7 Å². The summed E-state index contributed by atoms with van der Waals surface area (Å²) in [4.78, 5) is -1.01. The lowest BCUT2D eigenvalue weighted by Crippen LogP contribution is -2.22. The van der Waals surface area contributed by atoms with Crippen LogP contribution in [0.5, 0.6) is 5.75 Å². The highest BCUT2D eigenvalue weighted by atomic mass is 35.7. The number of hydrogen-bond acceptors (Lipinski definition) is 5. The van der Waals surface area contributed by atoms with Crippen molar-refractivity contribution in [1.82, 2.24) is 0 Å². The van der Waals surface area contributed by atoms with E-state index in [9.17, 15) is 25.6 Å². The molecule has 5 nitrogen and oxygen atoms in total. The summed E-state index contributed by atoms with van der Waals surface area (Å²) in [5.74, 6) is -4.18. The number of sulfone groups is 1. The molecule has 21 heavy (non-hydrogen) atoms. The zero-order chi connectivity index (χ0) is 16.4. The Hall–Kier alpha value is -0.930. The van der Waals surface area contributed by atoms with Crippen LogP contribution in [0.25, 0.3) is 0 Å². The summed E-state index contributed by atoms with van der Waals surface area (Å²) >= 11 is 0. The molecule has 10 heteroatoms. The van der Waals surface area contributed by atoms with Crippen molar-refractivity contribution in [2.24, 2.45) is 0 Å². The second-order valence-electron chi connectivity index (χ2n) is 4.39. The Labute approximate surface area is 126 Å². The first-order valence-corrected chi connectivity index (χ1v) is 9.76. The van der Waals surface area contributed by atoms with Crippen LogP contribution in [0, 0.1) is 11.6 Å². The maximum Gasteiger partial charge on any atom is 0.264 e. The quantitative estimate of drug-likeness (QED) is 0.724. The van der Waals surface area contributed by atoms with Crippen molar-refractivity contribution in [2.75, 3.05) is 12.4 Å². The van der Waals surface area contributed by atoms with Gasteiger partial charge in [-0.15, -0.1) is 0 Å². The normalized spacial score (nSPS) is 12.7. The fourth-order valence-corrected chi connectivity index (χ4v) is 3.00. The first kappa shape index (κ1) is 18.1. The van der Waals surface area contributed by atoms with Crippen molar-refractivity contribution in [2.45, 2.75) is 24.0 Å². The fourth-order valence-electron chi connectivity index (χ4n) is 1.32. The van der Waals surface area contributed by atoms with E-state index in [1.165, 1.54) is 13.8 Å². The average molecular weight is 363 g/mol. The van der Waals surface area contributed by atoms with Crippen molar-refractivity contribution in [1.29, 1.82) is 0 Å². The van der Waals surface area contributed by atoms with Crippen molar-refractivity contribution in [3.8, 4) is 5.75 Å². The van der Waals surface area contributed by atoms with E-state index in [0.29, 0.717) is 0 Å². The summed E-state index contributed by atoms with van der Waals surface area (Å²) in [5, 5.41) is -0.619. The second kappa shape index (κ2) is 6.45. The molecule has 1 aromatic rings. The van der Waals surface area contributed by atoms with Gasteiger partial charge in [0.05, 0.1) is 11.0 Å². The molecule has 1 aromatic carbocycles. The van der Waals surface area contributed by atoms with E-state index in [0.717, 1.165) is 12.1 Å². The summed E-state index contributed by atoms with van der Waals surface area (Å²) < 4.78 is 76.9. The Kier molecular flexibility index (Phi) is 5.57. The van der Waals surface area contributed by atoms with E-state index in [1.54, 1.807) is 0 Å². The van der Waals surface area contributed by atoms with Gasteiger partial charge in [-0.25, -0.2) is 21.2 Å². The molecule has 0 fully saturated rings. The van der Waals surface area contributed by atoms with Gasteiger partial charge in [0.15, 0.2) is 21.4 Å². The lowest BCUT2D eigenvalue weighted by atomic mass is 10.3. The van der Waals surface area contributed by atoms with Gasteiger partial charge in [-0.2, -0.15) is 4.39 Å². The Morgan fingerprint density at radius 2 is 1.71 bits per heavy atom. The molecular formula is C11H13ClF2O5S2. The molecule has 0 N–H and O–H groups in total. The molecule has 0 heterocycles. The smallest absolute Gasteiger partial charge is 0.264 e. The number of benzene rings is 1. The highest BCUT2D eigenvalue weighted by Gasteiger charge is 2.23. The Bertz CT molecular complexity index is 729. The van der Waals surface area contributed by atoms with Gasteiger partial charge >= 0.3 is 0 Å². The molecule has 0 unspecified atom stereocenters. The number of ether oxygens (including phenoxy) is 1. The van der Waals surface area contributed by atoms with Crippen LogP contribution in [0.3, 0.4) is 0 Å². The molecule has 0 atom stereocenters. The van der Waals surface area contributed by atoms with Gasteiger partial charge in [0.1, 0.15) is 11.5 Å². The third-order valence-corrected chi connectivity index (χ3v) is 6.13. The van der Waals surface area contributed by atoms with Crippen LogP contribution in [0.1, 0.15) is 13.8 Å². The Balaban J connectivity index is 2.91. The molecule has 0 spiro atoms. The van der Waals surface area contributed by atoms with Crippen molar-refractivity contribution in [3.05, 3.63) is 23.8 Å². The molecule has 0 radical (unpaired) electrons. The summed E-state index contributed by atoms with van der Waals surface area (Å²) in [5.41, 5.74) is 0. The minimum absolute atomic E-state index is 0.374. The Morgan fingerprint density at radius 1 is 1.14 bits per heavy atom. The highest BCUT2D eigenvalue weighted by molar-refractivity contribution is 8.13. The first-order valence-electron chi connectivity index (χ1n) is 5.74. The van der Waals surface area contributed by atoms with E-state index >= 15 is 0 Å². The van der Waals surface area contributed by atoms with Gasteiger partial charge in [0.2, 0.25) is 5.82 Å². The van der Waals surface area contributed by atoms with Gasteiger partial charge in [0.25, 0.3) is 9.05 Å². The van der Waals surface area contributed by atoms with Gasteiger partial charge in [-0.05, 0) is 26.0 Å². The van der Waals surface area contributed by atoms with Crippen LogP contribution in [0.2, 0.25) is 0 Å². The van der Waals surface area contributed by atoms with Crippen molar-refractivity contribution in [3.63, 3.8) is 0 Å². The van der Waals surface area contributed by atoms with Crippen LogP contribution in [0.15, 0.2) is 17.0 Å². The van der Waals surface area contributed by atoms with E-state index in [-0.39, 0.29) is 12.4 Å². The number of halogens is 3. The van der Waals surface area contributed by atoms with E-state index < -0.39 is 46.4 Å². The minimum atomic E-state index is -4.42. The van der Waals surface area contributed by atoms with Crippen molar-refractivity contribution < 1.29 is 30.4 Å². The van der Waals surface area contributed by atoms with E-state index in [4.69, 9.17) is 15.4 Å². The molecule has 120 valence electrons. The molecule has 1 rings (SSSR count). The molecule has 0 aliphatic rings. The van der Waals surface area contributed by atoms with Gasteiger partial charge < -0.3 is 4.74 Å². The molecular weight excluding hydrogens is 350 g/mol. The number of hydrogen-bond donors (Lipinski definition) is 0. The van der Waals surface area contributed by atoms with Crippen LogP contribution in [-0.4, -0.2) is 34.4 Å². The highest BCUT2D eigenvalue weighted by Crippen LogP contribution is 2.27. The SMILES string of the molecule is CC(C)S(=O)(=O)CCOc1ccc(S(=O)(=O)Cl)c(F)c1F. The third kappa shape index (κ3) is 4.52. The van der Waals surface area contributed by atoms with Crippen LogP contribution in [0.4, 0.5) is 8.78 Å². The zero-order valence-electron chi connectivity index (χ0n) is 11.1. The molecule has 0 aliphatic heterocycles. The minimum Gasteiger partial charge on any atom is -0.489 e. The zero-order valence-corrected chi connectivity index (χ0v) is 13.5. The molecule has 0 amide bonds. The number of rotatable bonds is 6. The summed E-state index contributed by atoms with van der Waals surface area (Å²) in [6, 6.07) is 1.61. The topological polar surface area (TPSA) is 77.5 Å². The summed E-state index contributed by atoms with van der Waals surface area (Å²) in [6.07, 6.45) is 0. The van der Waals surface area contributed by atoms with Gasteiger partial charge in [-0.1, -0.05) is 0 Å². The lowest BCUT2D eigenvalue weighted by Gasteiger charge is -2.11. The first-order chi connectivity index (χ1) is 9.47. The maximum absolute atomic E-state index is 13.6. The fraction of sp³-hybridized carbons (Fsp3) is 0.455. The lowest BCUT2D eigenvalue weighted by molar-refractivity contribution is 0.312. The molecule has 0 aliphatic carbocycles.